The van der Waals surface area contributed by atoms with Crippen LogP contribution in [0.1, 0.15) is 31.8 Å². The van der Waals surface area contributed by atoms with Crippen molar-refractivity contribution in [3.63, 3.8) is 0 Å². The van der Waals surface area contributed by atoms with Crippen molar-refractivity contribution >= 4 is 65.9 Å². The van der Waals surface area contributed by atoms with Crippen LogP contribution in [-0.4, -0.2) is 21.7 Å². The molecule has 1 aliphatic rings. The molecule has 2 aromatic heterocycles. The van der Waals surface area contributed by atoms with Gasteiger partial charge < -0.3 is 16.0 Å². The van der Waals surface area contributed by atoms with Crippen molar-refractivity contribution in [1.29, 1.82) is 0 Å². The van der Waals surface area contributed by atoms with Crippen molar-refractivity contribution < 1.29 is 19.4 Å². The fraction of sp³-hybridized carbons (Fsp3) is 0.0435. The average Bonchev–Trinajstić information content (AvgIpc) is 3.52. The zero-order valence-electron chi connectivity index (χ0n) is 18.1. The van der Waals surface area contributed by atoms with Crippen molar-refractivity contribution in [2.45, 2.75) is 6.42 Å². The topological polar surface area (TPSA) is 157 Å². The molecule has 4 aromatic rings. The summed E-state index contributed by atoms with van der Waals surface area (Å²) in [6.07, 6.45) is 0.530. The van der Waals surface area contributed by atoms with Gasteiger partial charge in [0.1, 0.15) is 10.0 Å². The van der Waals surface area contributed by atoms with Crippen molar-refractivity contribution in [3.8, 4) is 0 Å². The molecule has 1 aliphatic heterocycles. The lowest BCUT2D eigenvalue weighted by Gasteiger charge is -2.22. The summed E-state index contributed by atoms with van der Waals surface area (Å²) < 4.78 is 0. The summed E-state index contributed by atoms with van der Waals surface area (Å²) in [7, 11) is 0. The number of anilines is 4. The summed E-state index contributed by atoms with van der Waals surface area (Å²) in [5, 5.41) is 31.0. The van der Waals surface area contributed by atoms with Gasteiger partial charge in [0.15, 0.2) is 0 Å². The average molecular weight is 522 g/mol. The van der Waals surface area contributed by atoms with Crippen LogP contribution in [0.4, 0.5) is 31.4 Å². The maximum atomic E-state index is 12.7. The van der Waals surface area contributed by atoms with Crippen LogP contribution in [0.15, 0.2) is 60.7 Å². The summed E-state index contributed by atoms with van der Waals surface area (Å²) >= 11 is 1.77. The second kappa shape index (κ2) is 9.20. The Kier molecular flexibility index (Phi) is 5.91. The van der Waals surface area contributed by atoms with E-state index in [1.165, 1.54) is 24.3 Å². The Labute approximate surface area is 210 Å². The van der Waals surface area contributed by atoms with E-state index in [0.717, 1.165) is 45.2 Å². The molecular formula is C23H15N5O6S2. The number of nitro groups is 2. The van der Waals surface area contributed by atoms with Crippen molar-refractivity contribution in [2.75, 3.05) is 16.0 Å². The third-order valence-corrected chi connectivity index (χ3v) is 7.31. The first kappa shape index (κ1) is 23.1. The predicted octanol–water partition coefficient (Wildman–Crippen LogP) is 5.78. The van der Waals surface area contributed by atoms with E-state index in [9.17, 15) is 29.8 Å². The van der Waals surface area contributed by atoms with Gasteiger partial charge in [-0.1, -0.05) is 6.07 Å². The molecule has 0 aliphatic carbocycles. The Morgan fingerprint density at radius 3 is 1.83 bits per heavy atom. The lowest BCUT2D eigenvalue weighted by Crippen LogP contribution is -2.15. The van der Waals surface area contributed by atoms with Crippen LogP contribution in [0.25, 0.3) is 0 Å². The van der Waals surface area contributed by atoms with E-state index in [-0.39, 0.29) is 21.8 Å². The zero-order valence-corrected chi connectivity index (χ0v) is 19.8. The number of carbonyl (C=O) groups is 2. The van der Waals surface area contributed by atoms with Crippen LogP contribution in [-0.2, 0) is 6.42 Å². The summed E-state index contributed by atoms with van der Waals surface area (Å²) in [6.45, 7) is 0. The van der Waals surface area contributed by atoms with Crippen LogP contribution in [0.3, 0.4) is 0 Å². The number of benzene rings is 2. The number of hydrogen-bond acceptors (Lipinski definition) is 9. The van der Waals surface area contributed by atoms with Gasteiger partial charge in [0, 0.05) is 41.1 Å². The van der Waals surface area contributed by atoms with Crippen molar-refractivity contribution in [3.05, 3.63) is 103 Å². The molecule has 0 saturated carbocycles. The zero-order chi connectivity index (χ0) is 25.4. The lowest BCUT2D eigenvalue weighted by molar-refractivity contribution is -0.380. The van der Waals surface area contributed by atoms with Gasteiger partial charge in [-0.3, -0.25) is 29.8 Å². The van der Waals surface area contributed by atoms with Gasteiger partial charge in [-0.25, -0.2) is 0 Å². The van der Waals surface area contributed by atoms with Crippen LogP contribution >= 0.6 is 22.7 Å². The number of nitrogens with zero attached hydrogens (tertiary/aromatic N) is 2. The smallest absolute Gasteiger partial charge is 0.326 e. The molecule has 36 heavy (non-hydrogen) atoms. The second-order valence-corrected chi connectivity index (χ2v) is 9.87. The van der Waals surface area contributed by atoms with Gasteiger partial charge in [0.05, 0.1) is 9.85 Å². The highest BCUT2D eigenvalue weighted by Crippen LogP contribution is 2.35. The van der Waals surface area contributed by atoms with Gasteiger partial charge in [-0.2, -0.15) is 0 Å². The van der Waals surface area contributed by atoms with E-state index in [1.807, 2.05) is 6.07 Å². The van der Waals surface area contributed by atoms with E-state index in [2.05, 4.69) is 16.0 Å². The molecule has 2 amide bonds. The van der Waals surface area contributed by atoms with E-state index < -0.39 is 9.85 Å². The number of thiophene rings is 2. The highest BCUT2D eigenvalue weighted by Gasteiger charge is 2.20. The first-order chi connectivity index (χ1) is 17.3. The van der Waals surface area contributed by atoms with Crippen molar-refractivity contribution in [2.24, 2.45) is 0 Å². The monoisotopic (exact) mass is 521 g/mol. The third-order valence-electron chi connectivity index (χ3n) is 5.41. The third kappa shape index (κ3) is 4.64. The van der Waals surface area contributed by atoms with Gasteiger partial charge in [0.2, 0.25) is 0 Å². The molecule has 0 atom stereocenters. The highest BCUT2D eigenvalue weighted by atomic mass is 32.1. The minimum Gasteiger partial charge on any atom is -0.355 e. The minimum atomic E-state index is -0.510. The normalized spacial score (nSPS) is 11.6. The maximum Gasteiger partial charge on any atom is 0.326 e. The first-order valence-corrected chi connectivity index (χ1v) is 12.0. The molecule has 0 radical (unpaired) electrons. The van der Waals surface area contributed by atoms with Gasteiger partial charge >= 0.3 is 10.0 Å². The molecule has 2 aromatic carbocycles. The number of amides is 2. The summed E-state index contributed by atoms with van der Waals surface area (Å²) in [5.74, 6) is -0.760. The van der Waals surface area contributed by atoms with E-state index in [1.54, 1.807) is 30.3 Å². The maximum absolute atomic E-state index is 12.7. The fourth-order valence-corrected chi connectivity index (χ4v) is 5.13. The van der Waals surface area contributed by atoms with Crippen LogP contribution in [0.5, 0.6) is 0 Å². The van der Waals surface area contributed by atoms with E-state index in [0.29, 0.717) is 27.5 Å². The number of rotatable bonds is 6. The largest absolute Gasteiger partial charge is 0.355 e. The molecule has 3 N–H and O–H groups in total. The van der Waals surface area contributed by atoms with Gasteiger partial charge in [-0.05, 0) is 76.3 Å². The SMILES string of the molecule is O=C(Nc1ccc([N+](=O)[O-])s1)c1ccc2c(c1)Cc1ccc(C(=O)Nc3ccc([N+](=O)[O-])s3)cc1N2. The Bertz CT molecular complexity index is 1440. The van der Waals surface area contributed by atoms with Gasteiger partial charge in [0.25, 0.3) is 11.8 Å². The van der Waals surface area contributed by atoms with E-state index in [4.69, 9.17) is 0 Å². The molecule has 0 spiro atoms. The fourth-order valence-electron chi connectivity index (χ4n) is 3.70. The van der Waals surface area contributed by atoms with Crippen LogP contribution < -0.4 is 16.0 Å². The number of nitrogens with one attached hydrogen (secondary N) is 3. The summed E-state index contributed by atoms with van der Waals surface area (Å²) in [6, 6.07) is 16.0. The molecular weight excluding hydrogens is 506 g/mol. The number of hydrogen-bond donors (Lipinski definition) is 3. The molecule has 180 valence electrons. The Balaban J connectivity index is 1.29. The molecule has 0 unspecified atom stereocenters. The van der Waals surface area contributed by atoms with Gasteiger partial charge in [-0.15, -0.1) is 0 Å². The van der Waals surface area contributed by atoms with Crippen molar-refractivity contribution in [1.82, 2.24) is 0 Å². The van der Waals surface area contributed by atoms with Crippen LogP contribution in [0.2, 0.25) is 0 Å². The molecule has 3 heterocycles. The molecule has 0 bridgehead atoms. The molecule has 11 nitrogen and oxygen atoms in total. The second-order valence-electron chi connectivity index (χ2n) is 7.74. The standard InChI is InChI=1S/C23H15N5O6S2/c29-22(25-18-5-7-20(35-18)27(31)32)13-3-4-16-15(10-13)9-12-1-2-14(11-17(12)24-16)23(30)26-19-6-8-21(36-19)28(33)34/h1-8,10-11,24H,9H2,(H,25,29)(H,26,30). The van der Waals surface area contributed by atoms with Crippen LogP contribution in [0, 0.1) is 20.2 Å². The summed E-state index contributed by atoms with van der Waals surface area (Å²) in [5.41, 5.74) is 4.15. The molecule has 0 saturated heterocycles. The Morgan fingerprint density at radius 1 is 0.722 bits per heavy atom. The molecule has 5 rings (SSSR count). The number of carbonyl (C=O) groups excluding carboxylic acids is 2. The molecule has 0 fully saturated rings. The highest BCUT2D eigenvalue weighted by molar-refractivity contribution is 7.19. The number of fused-ring (bicyclic) bond motifs is 2. The minimum absolute atomic E-state index is 0.0544. The lowest BCUT2D eigenvalue weighted by atomic mass is 9.94. The quantitative estimate of drug-likeness (QED) is 0.189. The summed E-state index contributed by atoms with van der Waals surface area (Å²) in [4.78, 5) is 46.0. The molecule has 13 heteroatoms. The Morgan fingerprint density at radius 2 is 1.28 bits per heavy atom. The first-order valence-electron chi connectivity index (χ1n) is 10.4. The van der Waals surface area contributed by atoms with E-state index >= 15 is 0 Å². The Hall–Kier alpha value is -4.62. The predicted molar refractivity (Wildman–Crippen MR) is 137 cm³/mol.